The van der Waals surface area contributed by atoms with Crippen LogP contribution in [0.4, 0.5) is 5.13 Å². The molecule has 2 aliphatic heterocycles. The predicted octanol–water partition coefficient (Wildman–Crippen LogP) is 0.290. The van der Waals surface area contributed by atoms with E-state index in [1.807, 2.05) is 0 Å². The Kier molecular flexibility index (Phi) is 8.03. The van der Waals surface area contributed by atoms with Crippen LogP contribution in [-0.2, 0) is 25.8 Å². The number of allylic oxidation sites excluding steroid dienone is 1. The molecular weight excluding hydrogens is 542 g/mol. The number of hydrogen-bond acceptors (Lipinski definition) is 13. The molecule has 4 heterocycles. The van der Waals surface area contributed by atoms with Gasteiger partial charge in [-0.1, -0.05) is 23.0 Å². The number of hydrogen-bond donors (Lipinski definition) is 3. The zero-order valence-corrected chi connectivity index (χ0v) is 22.4. The maximum Gasteiger partial charge on any atom is 0.313 e. The Morgan fingerprint density at radius 2 is 2.30 bits per heavy atom. The van der Waals surface area contributed by atoms with Crippen molar-refractivity contribution in [1.29, 1.82) is 0 Å². The molecule has 0 saturated carbocycles. The number of carboxylic acids is 1. The summed E-state index contributed by atoms with van der Waals surface area (Å²) < 4.78 is 1.52. The number of β-lactam (4-membered cyclic amide) rings is 1. The molecule has 2 unspecified atom stereocenters. The molecule has 0 spiro atoms. The van der Waals surface area contributed by atoms with Gasteiger partial charge in [0.1, 0.15) is 28.6 Å². The van der Waals surface area contributed by atoms with Crippen LogP contribution in [0.3, 0.4) is 0 Å². The Bertz CT molecular complexity index is 1230. The van der Waals surface area contributed by atoms with Crippen molar-refractivity contribution < 1.29 is 24.3 Å². The number of carbonyl (C=O) groups is 3. The molecule has 2 amide bonds. The van der Waals surface area contributed by atoms with E-state index in [-0.39, 0.29) is 46.6 Å². The van der Waals surface area contributed by atoms with Crippen molar-refractivity contribution in [3.8, 4) is 0 Å². The van der Waals surface area contributed by atoms with Crippen molar-refractivity contribution in [2.75, 3.05) is 23.8 Å². The first kappa shape index (κ1) is 26.9. The van der Waals surface area contributed by atoms with E-state index in [0.717, 1.165) is 11.3 Å². The molecule has 0 bridgehead atoms. The summed E-state index contributed by atoms with van der Waals surface area (Å²) in [5.74, 6) is -1.63. The number of aromatic nitrogens is 5. The highest BCUT2D eigenvalue weighted by molar-refractivity contribution is 8.00. The number of aliphatic carboxylic acids is 1. The van der Waals surface area contributed by atoms with Gasteiger partial charge in [0.25, 0.3) is 5.91 Å². The van der Waals surface area contributed by atoms with Crippen molar-refractivity contribution in [3.05, 3.63) is 23.7 Å². The zero-order chi connectivity index (χ0) is 26.7. The molecule has 2 aromatic rings. The summed E-state index contributed by atoms with van der Waals surface area (Å²) in [6, 6.07) is -0.836. The fraction of sp³-hybridized carbons (Fsp3) is 0.500. The monoisotopic (exact) mass is 567 g/mol. The van der Waals surface area contributed by atoms with Crippen LogP contribution in [0.15, 0.2) is 28.3 Å². The van der Waals surface area contributed by atoms with Crippen LogP contribution in [0.25, 0.3) is 0 Å². The van der Waals surface area contributed by atoms with E-state index in [2.05, 4.69) is 37.6 Å². The minimum absolute atomic E-state index is 0.00124. The number of rotatable bonds is 11. The largest absolute Gasteiger partial charge is 0.481 e. The van der Waals surface area contributed by atoms with Crippen molar-refractivity contribution in [2.45, 2.75) is 43.1 Å². The highest BCUT2D eigenvalue weighted by Gasteiger charge is 2.57. The van der Waals surface area contributed by atoms with Crippen LogP contribution in [0.5, 0.6) is 0 Å². The van der Waals surface area contributed by atoms with Crippen molar-refractivity contribution in [3.63, 3.8) is 0 Å². The zero-order valence-electron chi connectivity index (χ0n) is 19.9. The third kappa shape index (κ3) is 5.57. The molecule has 0 aromatic carbocycles. The van der Waals surface area contributed by atoms with Gasteiger partial charge in [-0.05, 0) is 24.3 Å². The number of tetrazole rings is 1. The van der Waals surface area contributed by atoms with E-state index in [1.165, 1.54) is 33.1 Å². The minimum atomic E-state index is -1.21. The smallest absolute Gasteiger partial charge is 0.313 e. The molecule has 0 aliphatic carbocycles. The van der Waals surface area contributed by atoms with Gasteiger partial charge in [0.05, 0.1) is 6.54 Å². The predicted molar refractivity (Wildman–Crippen MR) is 138 cm³/mol. The van der Waals surface area contributed by atoms with Crippen LogP contribution >= 0.6 is 34.9 Å². The normalized spacial score (nSPS) is 23.4. The van der Waals surface area contributed by atoms with E-state index in [4.69, 9.17) is 10.6 Å². The van der Waals surface area contributed by atoms with Crippen LogP contribution in [0.2, 0.25) is 0 Å². The number of carbonyl (C=O) groups excluding carboxylic acids is 2. The highest BCUT2D eigenvalue weighted by Crippen LogP contribution is 2.44. The number of nitrogen functional groups attached to an aromatic ring is 1. The molecular formula is C20H25N9O5S3. The summed E-state index contributed by atoms with van der Waals surface area (Å²) in [7, 11) is 0. The molecule has 37 heavy (non-hydrogen) atoms. The molecule has 2 saturated heterocycles. The minimum Gasteiger partial charge on any atom is -0.481 e. The fourth-order valence-electron chi connectivity index (χ4n) is 3.61. The Morgan fingerprint density at radius 3 is 2.95 bits per heavy atom. The van der Waals surface area contributed by atoms with E-state index in [0.29, 0.717) is 11.7 Å². The van der Waals surface area contributed by atoms with E-state index < -0.39 is 28.7 Å². The maximum absolute atomic E-state index is 13.0. The summed E-state index contributed by atoms with van der Waals surface area (Å²) in [4.78, 5) is 49.2. The van der Waals surface area contributed by atoms with Gasteiger partial charge in [-0.15, -0.1) is 34.8 Å². The standard InChI is InChI=1S/C20H25N9O5S3/c1-4-5-29-19(24-26-27-29)37-9-20(17(32)33)7-28-15(31)13(16(28)36-8-20)23-14(30)12(25-34-10(2)3)11-6-35-18(21)22-11/h4,6,10,13,16H,1,5,7-9H2,2-3H3,(H2,21,22)(H,23,30)(H,32,33)/t13?,16-,20?/m1/s1. The van der Waals surface area contributed by atoms with Crippen LogP contribution in [0, 0.1) is 5.41 Å². The van der Waals surface area contributed by atoms with Crippen molar-refractivity contribution in [1.82, 2.24) is 35.4 Å². The second-order valence-electron chi connectivity index (χ2n) is 8.59. The lowest BCUT2D eigenvalue weighted by molar-refractivity contribution is -0.157. The van der Waals surface area contributed by atoms with Gasteiger partial charge in [0.15, 0.2) is 10.8 Å². The van der Waals surface area contributed by atoms with Gasteiger partial charge in [0.2, 0.25) is 11.1 Å². The molecule has 17 heteroatoms. The lowest BCUT2D eigenvalue weighted by Gasteiger charge is -2.53. The van der Waals surface area contributed by atoms with E-state index in [1.54, 1.807) is 25.3 Å². The molecule has 4 N–H and O–H groups in total. The fourth-order valence-corrected chi connectivity index (χ4v) is 6.91. The van der Waals surface area contributed by atoms with E-state index in [9.17, 15) is 19.5 Å². The summed E-state index contributed by atoms with van der Waals surface area (Å²) in [5, 5.41) is 30.0. The average molecular weight is 568 g/mol. The molecule has 2 fully saturated rings. The summed E-state index contributed by atoms with van der Waals surface area (Å²) in [6.07, 6.45) is 1.35. The SMILES string of the molecule is C=CCn1nnnc1SCC1(C(=O)O)CS[C@@H]2C(NC(=O)C(=NOC(C)C)c3csc(N)n3)C(=O)N2C1. The maximum atomic E-state index is 13.0. The number of thioether (sulfide) groups is 2. The van der Waals surface area contributed by atoms with Crippen LogP contribution < -0.4 is 11.1 Å². The van der Waals surface area contributed by atoms with Gasteiger partial charge >= 0.3 is 5.97 Å². The molecule has 14 nitrogen and oxygen atoms in total. The van der Waals surface area contributed by atoms with Gasteiger partial charge < -0.3 is 25.9 Å². The second kappa shape index (κ2) is 11.1. The topological polar surface area (TPSA) is 191 Å². The Labute approximate surface area is 224 Å². The molecule has 3 atom stereocenters. The number of nitrogens with one attached hydrogen (secondary N) is 1. The number of fused-ring (bicyclic) bond motifs is 1. The van der Waals surface area contributed by atoms with Gasteiger partial charge in [-0.3, -0.25) is 14.4 Å². The van der Waals surface area contributed by atoms with Gasteiger partial charge in [-0.2, -0.15) is 0 Å². The average Bonchev–Trinajstić information content (AvgIpc) is 3.49. The van der Waals surface area contributed by atoms with Gasteiger partial charge in [0, 0.05) is 23.4 Å². The number of oxime groups is 1. The first-order chi connectivity index (χ1) is 17.6. The first-order valence-electron chi connectivity index (χ1n) is 11.1. The summed E-state index contributed by atoms with van der Waals surface area (Å²) in [5.41, 5.74) is 4.63. The lowest BCUT2D eigenvalue weighted by atomic mass is 9.89. The molecule has 4 rings (SSSR count). The lowest BCUT2D eigenvalue weighted by Crippen LogP contribution is -2.74. The van der Waals surface area contributed by atoms with Crippen molar-refractivity contribution in [2.24, 2.45) is 10.6 Å². The van der Waals surface area contributed by atoms with Crippen molar-refractivity contribution >= 4 is 63.5 Å². The first-order valence-corrected chi connectivity index (χ1v) is 14.0. The second-order valence-corrected chi connectivity index (χ2v) is 11.5. The highest BCUT2D eigenvalue weighted by atomic mass is 32.2. The van der Waals surface area contributed by atoms with Crippen LogP contribution in [0.1, 0.15) is 19.5 Å². The Morgan fingerprint density at radius 1 is 1.51 bits per heavy atom. The number of amides is 2. The molecule has 0 radical (unpaired) electrons. The quantitative estimate of drug-likeness (QED) is 0.111. The number of nitrogens with two attached hydrogens (primary N) is 1. The number of anilines is 1. The summed E-state index contributed by atoms with van der Waals surface area (Å²) >= 11 is 3.66. The molecule has 2 aromatic heterocycles. The third-order valence-corrected chi connectivity index (χ3v) is 9.01. The number of thiazole rings is 1. The van der Waals surface area contributed by atoms with Crippen LogP contribution in [-0.4, -0.2) is 94.3 Å². The Hall–Kier alpha value is -3.18. The Balaban J connectivity index is 1.43. The number of nitrogens with zero attached hydrogens (tertiary/aromatic N) is 7. The molecule has 198 valence electrons. The number of carboxylic acid groups (broad SMARTS) is 1. The third-order valence-electron chi connectivity index (χ3n) is 5.50. The summed E-state index contributed by atoms with van der Waals surface area (Å²) in [6.45, 7) is 7.56. The molecule has 2 aliphatic rings. The van der Waals surface area contributed by atoms with E-state index >= 15 is 0 Å². The van der Waals surface area contributed by atoms with Gasteiger partial charge in [-0.25, -0.2) is 9.67 Å².